The minimum Gasteiger partial charge on any atom is -0.399 e. The van der Waals surface area contributed by atoms with E-state index in [9.17, 15) is 4.79 Å². The van der Waals surface area contributed by atoms with Crippen molar-refractivity contribution in [2.75, 3.05) is 39.8 Å². The van der Waals surface area contributed by atoms with Crippen LogP contribution in [0.2, 0.25) is 0 Å². The zero-order chi connectivity index (χ0) is 24.3. The van der Waals surface area contributed by atoms with E-state index in [0.29, 0.717) is 23.9 Å². The van der Waals surface area contributed by atoms with Gasteiger partial charge in [0.1, 0.15) is 7.11 Å². The van der Waals surface area contributed by atoms with Crippen molar-refractivity contribution in [3.05, 3.63) is 66.2 Å². The molecule has 0 saturated carbocycles. The molecule has 2 aliphatic rings. The molecule has 1 aromatic rings. The smallest absolute Gasteiger partial charge is 0.225 e. The minimum atomic E-state index is 0.118. The van der Waals surface area contributed by atoms with Gasteiger partial charge in [-0.25, -0.2) is 0 Å². The van der Waals surface area contributed by atoms with Gasteiger partial charge in [-0.1, -0.05) is 30.0 Å². The number of piperidine rings is 2. The SMILES string of the molecule is C=C(N)/C=C(\C=C/C)CN1CCC(C(=O)N2CCC(C(Cc3ccccn3)=NOC)CC2)CC1. The Bertz CT molecular complexity index is 893. The third-order valence-electron chi connectivity index (χ3n) is 6.67. The second kappa shape index (κ2) is 13.1. The summed E-state index contributed by atoms with van der Waals surface area (Å²) in [5, 5.41) is 4.31. The number of allylic oxidation sites excluding steroid dienone is 2. The summed E-state index contributed by atoms with van der Waals surface area (Å²) in [5.74, 6) is 0.752. The zero-order valence-corrected chi connectivity index (χ0v) is 20.7. The molecule has 7 heteroatoms. The number of hydrogen-bond donors (Lipinski definition) is 1. The van der Waals surface area contributed by atoms with Gasteiger partial charge in [-0.15, -0.1) is 0 Å². The monoisotopic (exact) mass is 465 g/mol. The Balaban J connectivity index is 1.48. The molecule has 3 heterocycles. The highest BCUT2D eigenvalue weighted by Gasteiger charge is 2.32. The molecule has 2 N–H and O–H groups in total. The average molecular weight is 466 g/mol. The number of likely N-dealkylation sites (tertiary alicyclic amines) is 2. The topological polar surface area (TPSA) is 84.0 Å². The number of rotatable bonds is 9. The van der Waals surface area contributed by atoms with Gasteiger partial charge in [-0.05, 0) is 69.5 Å². The van der Waals surface area contributed by atoms with Crippen LogP contribution in [0.5, 0.6) is 0 Å². The quantitative estimate of drug-likeness (QED) is 0.343. The molecule has 0 bridgehead atoms. The van der Waals surface area contributed by atoms with Gasteiger partial charge in [0.2, 0.25) is 5.91 Å². The van der Waals surface area contributed by atoms with Crippen LogP contribution in [0.15, 0.2) is 65.6 Å². The molecule has 0 aromatic carbocycles. The molecule has 7 nitrogen and oxygen atoms in total. The lowest BCUT2D eigenvalue weighted by molar-refractivity contribution is -0.138. The zero-order valence-electron chi connectivity index (χ0n) is 20.7. The highest BCUT2D eigenvalue weighted by atomic mass is 16.6. The number of carbonyl (C=O) groups excluding carboxylic acids is 1. The number of nitrogens with two attached hydrogens (primary N) is 1. The predicted molar refractivity (Wildman–Crippen MR) is 137 cm³/mol. The number of nitrogens with zero attached hydrogens (tertiary/aromatic N) is 4. The number of amides is 1. The first kappa shape index (κ1) is 25.7. The Labute approximate surface area is 204 Å². The largest absolute Gasteiger partial charge is 0.399 e. The van der Waals surface area contributed by atoms with Crippen molar-refractivity contribution >= 4 is 11.6 Å². The molecular formula is C27H39N5O2. The van der Waals surface area contributed by atoms with E-state index < -0.39 is 0 Å². The predicted octanol–water partition coefficient (Wildman–Crippen LogP) is 3.55. The Morgan fingerprint density at radius 2 is 1.91 bits per heavy atom. The van der Waals surface area contributed by atoms with Crippen LogP contribution in [-0.4, -0.2) is 66.2 Å². The molecule has 2 fully saturated rings. The van der Waals surface area contributed by atoms with Crippen molar-refractivity contribution in [2.24, 2.45) is 22.7 Å². The summed E-state index contributed by atoms with van der Waals surface area (Å²) in [6.07, 6.45) is 12.2. The van der Waals surface area contributed by atoms with Gasteiger partial charge in [0, 0.05) is 55.5 Å². The third-order valence-corrected chi connectivity index (χ3v) is 6.67. The van der Waals surface area contributed by atoms with Crippen LogP contribution in [0.25, 0.3) is 0 Å². The first-order chi connectivity index (χ1) is 16.5. The molecule has 0 radical (unpaired) electrons. The highest BCUT2D eigenvalue weighted by molar-refractivity contribution is 5.88. The summed E-state index contributed by atoms with van der Waals surface area (Å²) in [6, 6.07) is 5.92. The first-order valence-electron chi connectivity index (χ1n) is 12.3. The fourth-order valence-electron chi connectivity index (χ4n) is 4.94. The van der Waals surface area contributed by atoms with Crippen molar-refractivity contribution in [1.29, 1.82) is 0 Å². The van der Waals surface area contributed by atoms with Crippen molar-refractivity contribution in [1.82, 2.24) is 14.8 Å². The number of pyridine rings is 1. The summed E-state index contributed by atoms with van der Waals surface area (Å²) in [5.41, 5.74) is 9.50. The van der Waals surface area contributed by atoms with Gasteiger partial charge < -0.3 is 15.5 Å². The number of carbonyl (C=O) groups is 1. The van der Waals surface area contributed by atoms with Crippen LogP contribution in [0, 0.1) is 11.8 Å². The third kappa shape index (κ3) is 7.55. The molecule has 0 spiro atoms. The second-order valence-electron chi connectivity index (χ2n) is 9.21. The molecular weight excluding hydrogens is 426 g/mol. The molecule has 184 valence electrons. The van der Waals surface area contributed by atoms with E-state index in [-0.39, 0.29) is 5.92 Å². The molecule has 2 saturated heterocycles. The van der Waals surface area contributed by atoms with Crippen molar-refractivity contribution in [3.63, 3.8) is 0 Å². The van der Waals surface area contributed by atoms with Crippen LogP contribution >= 0.6 is 0 Å². The summed E-state index contributed by atoms with van der Waals surface area (Å²) >= 11 is 0. The second-order valence-corrected chi connectivity index (χ2v) is 9.21. The number of aromatic nitrogens is 1. The summed E-state index contributed by atoms with van der Waals surface area (Å²) in [4.78, 5) is 27.2. The van der Waals surface area contributed by atoms with Gasteiger partial charge in [0.15, 0.2) is 0 Å². The maximum atomic E-state index is 13.2. The van der Waals surface area contributed by atoms with Gasteiger partial charge in [-0.2, -0.15) is 0 Å². The molecule has 0 unspecified atom stereocenters. The normalized spacial score (nSPS) is 19.5. The van der Waals surface area contributed by atoms with Crippen molar-refractivity contribution in [3.8, 4) is 0 Å². The standard InChI is InChI=1S/C27H39N5O2/c1-4-7-22(18-21(2)28)20-31-14-9-24(10-15-31)27(33)32-16-11-23(12-17-32)26(30-34-3)19-25-8-5-6-13-29-25/h4-8,13,18,23-24H,2,9-12,14-17,19-20,28H2,1,3H3/b7-4-,22-18+,30-26?. The molecule has 3 rings (SSSR count). The number of hydrogen-bond acceptors (Lipinski definition) is 6. The summed E-state index contributed by atoms with van der Waals surface area (Å²) in [7, 11) is 1.59. The van der Waals surface area contributed by atoms with Crippen LogP contribution in [-0.2, 0) is 16.1 Å². The van der Waals surface area contributed by atoms with Crippen LogP contribution in [0.1, 0.15) is 38.3 Å². The van der Waals surface area contributed by atoms with Gasteiger partial charge in [0.25, 0.3) is 0 Å². The van der Waals surface area contributed by atoms with Gasteiger partial charge in [-0.3, -0.25) is 14.7 Å². The fraction of sp³-hybridized carbons (Fsp3) is 0.519. The van der Waals surface area contributed by atoms with Crippen LogP contribution in [0.4, 0.5) is 0 Å². The van der Waals surface area contributed by atoms with E-state index in [2.05, 4.69) is 32.6 Å². The molecule has 1 aromatic heterocycles. The maximum Gasteiger partial charge on any atom is 0.225 e. The van der Waals surface area contributed by atoms with E-state index in [1.54, 1.807) is 13.3 Å². The molecule has 0 aliphatic carbocycles. The van der Waals surface area contributed by atoms with Crippen molar-refractivity contribution in [2.45, 2.75) is 39.0 Å². The Hall–Kier alpha value is -2.93. The summed E-state index contributed by atoms with van der Waals surface area (Å²) < 4.78 is 0. The number of oxime groups is 1. The lowest BCUT2D eigenvalue weighted by Crippen LogP contribution is -2.46. The van der Waals surface area contributed by atoms with E-state index >= 15 is 0 Å². The van der Waals surface area contributed by atoms with E-state index in [1.165, 1.54) is 0 Å². The maximum absolute atomic E-state index is 13.2. The molecule has 34 heavy (non-hydrogen) atoms. The lowest BCUT2D eigenvalue weighted by atomic mass is 9.88. The molecule has 1 amide bonds. The van der Waals surface area contributed by atoms with Gasteiger partial charge in [0.05, 0.1) is 5.71 Å². The Morgan fingerprint density at radius 3 is 2.50 bits per heavy atom. The lowest BCUT2D eigenvalue weighted by Gasteiger charge is -2.37. The molecule has 2 aliphatic heterocycles. The molecule has 0 atom stereocenters. The van der Waals surface area contributed by atoms with E-state index in [4.69, 9.17) is 10.6 Å². The highest BCUT2D eigenvalue weighted by Crippen LogP contribution is 2.26. The Morgan fingerprint density at radius 1 is 1.21 bits per heavy atom. The van der Waals surface area contributed by atoms with E-state index in [0.717, 1.165) is 75.4 Å². The van der Waals surface area contributed by atoms with Crippen LogP contribution < -0.4 is 5.73 Å². The van der Waals surface area contributed by atoms with Gasteiger partial charge >= 0.3 is 0 Å². The van der Waals surface area contributed by atoms with E-state index in [1.807, 2.05) is 37.3 Å². The fourth-order valence-corrected chi connectivity index (χ4v) is 4.94. The minimum absolute atomic E-state index is 0.118. The van der Waals surface area contributed by atoms with Crippen molar-refractivity contribution < 1.29 is 9.63 Å². The Kier molecular flexibility index (Phi) is 9.89. The van der Waals surface area contributed by atoms with Crippen LogP contribution in [0.3, 0.4) is 0 Å². The summed E-state index contributed by atoms with van der Waals surface area (Å²) in [6.45, 7) is 10.0. The average Bonchev–Trinajstić information content (AvgIpc) is 2.84. The first-order valence-corrected chi connectivity index (χ1v) is 12.3.